The number of anilines is 2. The number of benzene rings is 1. The minimum Gasteiger partial charge on any atom is -0.326 e. The van der Waals surface area contributed by atoms with Crippen LogP contribution in [-0.2, 0) is 4.79 Å². The van der Waals surface area contributed by atoms with Crippen molar-refractivity contribution in [2.75, 3.05) is 16.9 Å². The zero-order valence-corrected chi connectivity index (χ0v) is 13.3. The first-order valence-electron chi connectivity index (χ1n) is 5.96. The molecule has 0 radical (unpaired) electrons. The molecule has 1 atom stereocenters. The summed E-state index contributed by atoms with van der Waals surface area (Å²) in [4.78, 5) is 23.3. The summed E-state index contributed by atoms with van der Waals surface area (Å²) in [6.45, 7) is 5.58. The molecule has 4 nitrogen and oxygen atoms in total. The van der Waals surface area contributed by atoms with Crippen molar-refractivity contribution < 1.29 is 9.59 Å². The van der Waals surface area contributed by atoms with Gasteiger partial charge in [0.1, 0.15) is 0 Å². The molecule has 0 spiro atoms. The summed E-state index contributed by atoms with van der Waals surface area (Å²) in [6, 6.07) is 5.44. The van der Waals surface area contributed by atoms with Gasteiger partial charge in [-0.15, -0.1) is 21.6 Å². The van der Waals surface area contributed by atoms with Crippen molar-refractivity contribution in [3.05, 3.63) is 23.8 Å². The molecule has 1 aromatic rings. The van der Waals surface area contributed by atoms with Crippen LogP contribution in [0.2, 0.25) is 0 Å². The van der Waals surface area contributed by atoms with Gasteiger partial charge in [-0.05, 0) is 30.9 Å². The molecule has 0 saturated carbocycles. The highest BCUT2D eigenvalue weighted by Crippen LogP contribution is 2.29. The van der Waals surface area contributed by atoms with Crippen LogP contribution < -0.4 is 10.6 Å². The maximum absolute atomic E-state index is 11.7. The number of thiol groups is 2. The zero-order chi connectivity index (χ0) is 14.6. The van der Waals surface area contributed by atoms with Crippen molar-refractivity contribution >= 4 is 44.1 Å². The second kappa shape index (κ2) is 6.86. The molecule has 106 valence electrons. The molecule has 1 rings (SSSR count). The first-order valence-corrected chi connectivity index (χ1v) is 8.90. The van der Waals surface area contributed by atoms with Crippen molar-refractivity contribution in [3.8, 4) is 0 Å². The molecule has 0 bridgehead atoms. The molecule has 0 aliphatic rings. The molecule has 2 N–H and O–H groups in total. The van der Waals surface area contributed by atoms with Crippen molar-refractivity contribution in [2.45, 2.75) is 20.8 Å². The molecule has 0 heterocycles. The fraction of sp³-hybridized carbons (Fsp3) is 0.385. The molecular formula is C13H20N2O2S2. The standard InChI is InChI=1S/C13H20N2O2S2/c1-8(2)12(16)15-11-7-10(6-5-9(11)3)14-13(17)19(4)18/h5-8,18-19H,1-4H3,(H,14,17)(H,15,16). The summed E-state index contributed by atoms with van der Waals surface area (Å²) >= 11 is 4.13. The lowest BCUT2D eigenvalue weighted by Crippen LogP contribution is -2.18. The first-order chi connectivity index (χ1) is 8.81. The predicted molar refractivity (Wildman–Crippen MR) is 87.6 cm³/mol. The third-order valence-electron chi connectivity index (χ3n) is 2.57. The summed E-state index contributed by atoms with van der Waals surface area (Å²) in [6.07, 6.45) is 1.77. The van der Waals surface area contributed by atoms with Crippen molar-refractivity contribution in [2.24, 2.45) is 5.92 Å². The van der Waals surface area contributed by atoms with Gasteiger partial charge in [0.05, 0.1) is 0 Å². The Morgan fingerprint density at radius 2 is 1.89 bits per heavy atom. The Hall–Kier alpha value is -1.14. The molecule has 1 aromatic carbocycles. The fourth-order valence-corrected chi connectivity index (χ4v) is 1.76. The fourth-order valence-electron chi connectivity index (χ4n) is 1.32. The largest absolute Gasteiger partial charge is 0.326 e. The van der Waals surface area contributed by atoms with Crippen LogP contribution in [0.3, 0.4) is 0 Å². The van der Waals surface area contributed by atoms with Gasteiger partial charge in [0.15, 0.2) is 0 Å². The molecule has 0 aromatic heterocycles. The smallest absolute Gasteiger partial charge is 0.271 e. The Morgan fingerprint density at radius 1 is 1.26 bits per heavy atom. The molecular weight excluding hydrogens is 280 g/mol. The Morgan fingerprint density at radius 3 is 2.42 bits per heavy atom. The molecule has 0 saturated heterocycles. The number of amides is 2. The van der Waals surface area contributed by atoms with E-state index in [2.05, 4.69) is 22.3 Å². The van der Waals surface area contributed by atoms with E-state index in [1.54, 1.807) is 12.3 Å². The normalized spacial score (nSPS) is 13.1. The SMILES string of the molecule is Cc1ccc(NC(=O)[SH](C)S)cc1NC(=O)C(C)C. The Labute approximate surface area is 121 Å². The van der Waals surface area contributed by atoms with E-state index in [0.29, 0.717) is 5.69 Å². The second-order valence-corrected chi connectivity index (χ2v) is 7.88. The summed E-state index contributed by atoms with van der Waals surface area (Å²) in [5.41, 5.74) is 2.34. The topological polar surface area (TPSA) is 58.2 Å². The summed E-state index contributed by atoms with van der Waals surface area (Å²) < 4.78 is 0. The number of hydrogen-bond acceptors (Lipinski definition) is 3. The van der Waals surface area contributed by atoms with Gasteiger partial charge in [-0.3, -0.25) is 9.59 Å². The number of carbonyl (C=O) groups is 2. The van der Waals surface area contributed by atoms with E-state index < -0.39 is 9.93 Å². The van der Waals surface area contributed by atoms with Crippen LogP contribution in [0.25, 0.3) is 0 Å². The van der Waals surface area contributed by atoms with Crippen molar-refractivity contribution in [3.63, 3.8) is 0 Å². The monoisotopic (exact) mass is 300 g/mol. The minimum absolute atomic E-state index is 0.0430. The van der Waals surface area contributed by atoms with Gasteiger partial charge >= 0.3 is 0 Å². The van der Waals surface area contributed by atoms with Crippen LogP contribution in [0, 0.1) is 12.8 Å². The zero-order valence-electron chi connectivity index (χ0n) is 11.5. The number of rotatable bonds is 3. The van der Waals surface area contributed by atoms with Crippen LogP contribution >= 0.6 is 21.6 Å². The number of nitrogens with one attached hydrogen (secondary N) is 2. The molecule has 0 fully saturated rings. The highest BCUT2D eigenvalue weighted by molar-refractivity contribution is 8.84. The molecule has 6 heteroatoms. The lowest BCUT2D eigenvalue weighted by Gasteiger charge is -2.14. The Kier molecular flexibility index (Phi) is 5.75. The van der Waals surface area contributed by atoms with Gasteiger partial charge in [0.25, 0.3) is 5.24 Å². The first kappa shape index (κ1) is 15.9. The maximum Gasteiger partial charge on any atom is 0.271 e. The van der Waals surface area contributed by atoms with Crippen molar-refractivity contribution in [1.82, 2.24) is 0 Å². The van der Waals surface area contributed by atoms with Crippen LogP contribution in [-0.4, -0.2) is 17.4 Å². The van der Waals surface area contributed by atoms with E-state index in [4.69, 9.17) is 0 Å². The maximum atomic E-state index is 11.7. The summed E-state index contributed by atoms with van der Waals surface area (Å²) in [7, 11) is -0.973. The van der Waals surface area contributed by atoms with Crippen LogP contribution in [0.5, 0.6) is 0 Å². The van der Waals surface area contributed by atoms with Crippen molar-refractivity contribution in [1.29, 1.82) is 0 Å². The van der Waals surface area contributed by atoms with Gasteiger partial charge in [0, 0.05) is 17.3 Å². The van der Waals surface area contributed by atoms with Crippen LogP contribution in [0.15, 0.2) is 18.2 Å². The van der Waals surface area contributed by atoms with Crippen LogP contribution in [0.4, 0.5) is 16.2 Å². The van der Waals surface area contributed by atoms with Gasteiger partial charge in [-0.25, -0.2) is 0 Å². The quantitative estimate of drug-likeness (QED) is 0.509. The molecule has 0 aliphatic heterocycles. The second-order valence-electron chi connectivity index (χ2n) is 4.63. The van der Waals surface area contributed by atoms with Gasteiger partial charge in [-0.2, -0.15) is 0 Å². The van der Waals surface area contributed by atoms with E-state index in [1.807, 2.05) is 32.9 Å². The van der Waals surface area contributed by atoms with E-state index >= 15 is 0 Å². The molecule has 2 amide bonds. The van der Waals surface area contributed by atoms with Crippen LogP contribution in [0.1, 0.15) is 19.4 Å². The average molecular weight is 300 g/mol. The average Bonchev–Trinajstić information content (AvgIpc) is 2.32. The molecule has 1 unspecified atom stereocenters. The minimum atomic E-state index is -0.973. The number of carbonyl (C=O) groups excluding carboxylic acids is 2. The Bertz CT molecular complexity index is 488. The third kappa shape index (κ3) is 4.80. The highest BCUT2D eigenvalue weighted by atomic mass is 33.1. The number of hydrogen-bond donors (Lipinski definition) is 4. The van der Waals surface area contributed by atoms with E-state index in [1.165, 1.54) is 0 Å². The lowest BCUT2D eigenvalue weighted by molar-refractivity contribution is -0.118. The molecule has 0 aliphatic carbocycles. The third-order valence-corrected chi connectivity index (χ3v) is 3.81. The lowest BCUT2D eigenvalue weighted by atomic mass is 10.1. The van der Waals surface area contributed by atoms with E-state index in [0.717, 1.165) is 11.3 Å². The summed E-state index contributed by atoms with van der Waals surface area (Å²) in [5, 5.41) is 5.51. The summed E-state index contributed by atoms with van der Waals surface area (Å²) in [5.74, 6) is -0.128. The molecule has 19 heavy (non-hydrogen) atoms. The Balaban J connectivity index is 2.88. The van der Waals surface area contributed by atoms with E-state index in [9.17, 15) is 9.59 Å². The predicted octanol–water partition coefficient (Wildman–Crippen LogP) is 3.60. The van der Waals surface area contributed by atoms with Gasteiger partial charge < -0.3 is 10.6 Å². The highest BCUT2D eigenvalue weighted by Gasteiger charge is 2.10. The van der Waals surface area contributed by atoms with Gasteiger partial charge in [0.2, 0.25) is 5.91 Å². The van der Waals surface area contributed by atoms with E-state index in [-0.39, 0.29) is 17.1 Å². The number of aryl methyl sites for hydroxylation is 1. The van der Waals surface area contributed by atoms with Gasteiger partial charge in [-0.1, -0.05) is 19.9 Å².